The lowest BCUT2D eigenvalue weighted by Crippen LogP contribution is -2.11. The van der Waals surface area contributed by atoms with Gasteiger partial charge in [-0.2, -0.15) is 13.2 Å². The van der Waals surface area contributed by atoms with Crippen LogP contribution in [0.15, 0.2) is 0 Å². The Hall–Kier alpha value is -0.820. The van der Waals surface area contributed by atoms with Gasteiger partial charge < -0.3 is 4.29 Å². The van der Waals surface area contributed by atoms with Gasteiger partial charge in [0.1, 0.15) is 16.7 Å². The van der Waals surface area contributed by atoms with Gasteiger partial charge in [0.15, 0.2) is 5.69 Å². The first-order chi connectivity index (χ1) is 6.90. The zero-order valence-electron chi connectivity index (χ0n) is 7.39. The first kappa shape index (κ1) is 12.3. The molecule has 0 amide bonds. The number of hydrogen-bond donors (Lipinski definition) is 0. The Morgan fingerprint density at radius 1 is 1.60 bits per heavy atom. The Morgan fingerprint density at radius 3 is 2.60 bits per heavy atom. The normalized spacial score (nSPS) is 11.5. The van der Waals surface area contributed by atoms with Gasteiger partial charge in [0.25, 0.3) is 0 Å². The van der Waals surface area contributed by atoms with Gasteiger partial charge in [-0.25, -0.2) is 9.78 Å². The van der Waals surface area contributed by atoms with E-state index in [4.69, 9.17) is 11.9 Å². The molecule has 0 atom stereocenters. The van der Waals surface area contributed by atoms with E-state index in [1.807, 2.05) is 0 Å². The molecule has 0 spiro atoms. The van der Waals surface area contributed by atoms with E-state index in [1.54, 1.807) is 6.92 Å². The zero-order valence-corrected chi connectivity index (χ0v) is 8.96. The van der Waals surface area contributed by atoms with E-state index < -0.39 is 22.7 Å². The first-order valence-corrected chi connectivity index (χ1v) is 4.92. The second-order valence-electron chi connectivity index (χ2n) is 2.50. The molecule has 84 valence electrons. The minimum absolute atomic E-state index is 0.208. The van der Waals surface area contributed by atoms with Crippen LogP contribution in [0.3, 0.4) is 0 Å². The molecule has 8 heteroatoms. The highest BCUT2D eigenvalue weighted by molar-refractivity contribution is 7.13. The number of carbonyl (C=O) groups excluding carboxylic acids is 1. The predicted molar refractivity (Wildman–Crippen MR) is 47.8 cm³/mol. The van der Waals surface area contributed by atoms with E-state index in [-0.39, 0.29) is 5.01 Å². The second kappa shape index (κ2) is 4.36. The fraction of sp³-hybridized carbons (Fsp3) is 0.429. The molecule has 0 aromatic carbocycles. The van der Waals surface area contributed by atoms with Crippen LogP contribution in [-0.2, 0) is 16.9 Å². The maximum absolute atomic E-state index is 12.4. The van der Waals surface area contributed by atoms with E-state index in [0.29, 0.717) is 17.8 Å². The van der Waals surface area contributed by atoms with Gasteiger partial charge >= 0.3 is 12.1 Å². The Balaban J connectivity index is 3.24. The summed E-state index contributed by atoms with van der Waals surface area (Å²) in [6.07, 6.45) is -4.37. The number of thiazole rings is 1. The van der Waals surface area contributed by atoms with Crippen LogP contribution in [-0.4, -0.2) is 11.0 Å². The summed E-state index contributed by atoms with van der Waals surface area (Å²) in [5.74, 6) is -1.24. The summed E-state index contributed by atoms with van der Waals surface area (Å²) in [7, 11) is 0. The topological polar surface area (TPSA) is 39.2 Å². The number of halogens is 4. The van der Waals surface area contributed by atoms with Crippen molar-refractivity contribution in [1.82, 2.24) is 4.98 Å². The molecular formula is C7H5ClF3NO2S. The molecule has 0 bridgehead atoms. The van der Waals surface area contributed by atoms with Crippen LogP contribution in [0.5, 0.6) is 0 Å². The molecule has 1 heterocycles. The van der Waals surface area contributed by atoms with E-state index in [1.165, 1.54) is 0 Å². The van der Waals surface area contributed by atoms with Crippen LogP contribution < -0.4 is 0 Å². The van der Waals surface area contributed by atoms with Crippen LogP contribution in [0.4, 0.5) is 13.2 Å². The van der Waals surface area contributed by atoms with E-state index in [0.717, 1.165) is 0 Å². The molecule has 0 aliphatic carbocycles. The van der Waals surface area contributed by atoms with Crippen molar-refractivity contribution in [2.45, 2.75) is 19.5 Å². The summed E-state index contributed by atoms with van der Waals surface area (Å²) < 4.78 is 40.9. The van der Waals surface area contributed by atoms with Crippen molar-refractivity contribution in [1.29, 1.82) is 0 Å². The van der Waals surface area contributed by atoms with Crippen LogP contribution in [0, 0.1) is 0 Å². The standard InChI is InChI=1S/C7H5ClF3NO2S/c1-2-3-12-5(7(9,10)11)4(15-3)6(13)14-8/h2H2,1H3. The molecule has 0 fully saturated rings. The van der Waals surface area contributed by atoms with Crippen LogP contribution in [0.2, 0.25) is 0 Å². The zero-order chi connectivity index (χ0) is 11.6. The molecule has 0 unspecified atom stereocenters. The van der Waals surface area contributed by atoms with Gasteiger partial charge in [-0.1, -0.05) is 6.92 Å². The minimum atomic E-state index is -4.68. The summed E-state index contributed by atoms with van der Waals surface area (Å²) in [4.78, 5) is 13.6. The minimum Gasteiger partial charge on any atom is -0.342 e. The highest BCUT2D eigenvalue weighted by Gasteiger charge is 2.40. The smallest absolute Gasteiger partial charge is 0.342 e. The number of hydrogen-bond acceptors (Lipinski definition) is 4. The molecule has 1 aromatic rings. The van der Waals surface area contributed by atoms with Gasteiger partial charge in [0.05, 0.1) is 5.01 Å². The molecule has 0 aliphatic heterocycles. The van der Waals surface area contributed by atoms with Gasteiger partial charge in [-0.05, 0) is 6.42 Å². The number of rotatable bonds is 2. The summed E-state index contributed by atoms with van der Waals surface area (Å²) in [5.41, 5.74) is -1.24. The van der Waals surface area contributed by atoms with E-state index in [9.17, 15) is 18.0 Å². The van der Waals surface area contributed by atoms with Crippen LogP contribution in [0.25, 0.3) is 0 Å². The molecule has 0 saturated carbocycles. The van der Waals surface area contributed by atoms with E-state index >= 15 is 0 Å². The lowest BCUT2D eigenvalue weighted by atomic mass is 10.3. The van der Waals surface area contributed by atoms with E-state index in [2.05, 4.69) is 9.27 Å². The lowest BCUT2D eigenvalue weighted by Gasteiger charge is -2.03. The monoisotopic (exact) mass is 259 g/mol. The van der Waals surface area contributed by atoms with Crippen LogP contribution in [0.1, 0.15) is 27.3 Å². The molecule has 0 aliphatic rings. The highest BCUT2D eigenvalue weighted by Crippen LogP contribution is 2.34. The molecule has 0 saturated heterocycles. The van der Waals surface area contributed by atoms with Crippen molar-refractivity contribution in [2.75, 3.05) is 0 Å². The van der Waals surface area contributed by atoms with Crippen molar-refractivity contribution >= 4 is 29.2 Å². The Morgan fingerprint density at radius 2 is 2.20 bits per heavy atom. The summed E-state index contributed by atoms with van der Waals surface area (Å²) in [5, 5.41) is 0.208. The lowest BCUT2D eigenvalue weighted by molar-refractivity contribution is -0.141. The number of carbonyl (C=O) groups is 1. The number of aryl methyl sites for hydroxylation is 1. The second-order valence-corrected chi connectivity index (χ2v) is 3.74. The quantitative estimate of drug-likeness (QED) is 0.819. The van der Waals surface area contributed by atoms with Crippen molar-refractivity contribution in [2.24, 2.45) is 0 Å². The van der Waals surface area contributed by atoms with Gasteiger partial charge in [-0.3, -0.25) is 0 Å². The van der Waals surface area contributed by atoms with Crippen molar-refractivity contribution in [3.8, 4) is 0 Å². The number of aromatic nitrogens is 1. The van der Waals surface area contributed by atoms with Gasteiger partial charge in [0, 0.05) is 0 Å². The molecule has 1 rings (SSSR count). The Labute approximate surface area is 92.0 Å². The third-order valence-electron chi connectivity index (χ3n) is 1.50. The maximum Gasteiger partial charge on any atom is 0.435 e. The molecular weight excluding hydrogens is 255 g/mol. The molecule has 0 radical (unpaired) electrons. The fourth-order valence-corrected chi connectivity index (χ4v) is 1.90. The Bertz CT molecular complexity index is 377. The molecule has 1 aromatic heterocycles. The van der Waals surface area contributed by atoms with Crippen molar-refractivity contribution in [3.05, 3.63) is 15.6 Å². The summed E-state index contributed by atoms with van der Waals surface area (Å²) >= 11 is 5.35. The largest absolute Gasteiger partial charge is 0.435 e. The molecule has 3 nitrogen and oxygen atoms in total. The maximum atomic E-state index is 12.4. The first-order valence-electron chi connectivity index (χ1n) is 3.80. The summed E-state index contributed by atoms with van der Waals surface area (Å²) in [6.45, 7) is 1.63. The highest BCUT2D eigenvalue weighted by atomic mass is 35.5. The molecule has 15 heavy (non-hydrogen) atoms. The summed E-state index contributed by atoms with van der Waals surface area (Å²) in [6, 6.07) is 0. The van der Waals surface area contributed by atoms with Gasteiger partial charge in [-0.15, -0.1) is 11.3 Å². The third kappa shape index (κ3) is 2.60. The average molecular weight is 260 g/mol. The van der Waals surface area contributed by atoms with Crippen LogP contribution >= 0.6 is 23.2 Å². The number of alkyl halides is 3. The third-order valence-corrected chi connectivity index (χ3v) is 2.82. The fourth-order valence-electron chi connectivity index (χ4n) is 0.881. The Kier molecular flexibility index (Phi) is 3.56. The van der Waals surface area contributed by atoms with Crippen molar-refractivity contribution < 1.29 is 22.3 Å². The predicted octanol–water partition coefficient (Wildman–Crippen LogP) is 3.03. The number of nitrogens with zero attached hydrogens (tertiary/aromatic N) is 1. The molecule has 0 N–H and O–H groups in total. The van der Waals surface area contributed by atoms with Crippen molar-refractivity contribution in [3.63, 3.8) is 0 Å². The average Bonchev–Trinajstić information content (AvgIpc) is 2.59. The van der Waals surface area contributed by atoms with Gasteiger partial charge in [0.2, 0.25) is 0 Å². The SMILES string of the molecule is CCc1nc(C(F)(F)F)c(C(=O)OCl)s1.